The third-order valence-electron chi connectivity index (χ3n) is 3.45. The van der Waals surface area contributed by atoms with Crippen molar-refractivity contribution in [3.63, 3.8) is 0 Å². The molecular formula is C16H23N3O. The van der Waals surface area contributed by atoms with E-state index in [0.717, 1.165) is 30.2 Å². The van der Waals surface area contributed by atoms with Crippen molar-refractivity contribution in [2.75, 3.05) is 13.7 Å². The molecule has 20 heavy (non-hydrogen) atoms. The number of nitrogens with zero attached hydrogens (tertiary/aromatic N) is 2. The smallest absolute Gasteiger partial charge is 0.144 e. The number of aromatic nitrogens is 2. The van der Waals surface area contributed by atoms with Crippen LogP contribution in [-0.4, -0.2) is 23.4 Å². The van der Waals surface area contributed by atoms with E-state index in [1.807, 2.05) is 35.1 Å². The lowest BCUT2D eigenvalue weighted by Crippen LogP contribution is -2.15. The molecule has 0 atom stereocenters. The van der Waals surface area contributed by atoms with Crippen LogP contribution >= 0.6 is 0 Å². The van der Waals surface area contributed by atoms with Gasteiger partial charge >= 0.3 is 0 Å². The second kappa shape index (κ2) is 7.10. The molecule has 1 N–H and O–H groups in total. The summed E-state index contributed by atoms with van der Waals surface area (Å²) in [7, 11) is 1.69. The topological polar surface area (TPSA) is 39.1 Å². The van der Waals surface area contributed by atoms with E-state index in [1.165, 1.54) is 18.4 Å². The molecule has 108 valence electrons. The van der Waals surface area contributed by atoms with Crippen LogP contribution in [0.4, 0.5) is 0 Å². The van der Waals surface area contributed by atoms with Gasteiger partial charge in [-0.2, -0.15) is 5.10 Å². The molecule has 1 aromatic carbocycles. The van der Waals surface area contributed by atoms with Crippen LogP contribution in [-0.2, 0) is 6.54 Å². The van der Waals surface area contributed by atoms with Crippen LogP contribution in [0, 0.1) is 6.92 Å². The van der Waals surface area contributed by atoms with Crippen LogP contribution < -0.4 is 10.1 Å². The highest BCUT2D eigenvalue weighted by Gasteiger charge is 2.11. The van der Waals surface area contributed by atoms with Crippen LogP contribution in [0.5, 0.6) is 5.75 Å². The van der Waals surface area contributed by atoms with Crippen molar-refractivity contribution in [2.45, 2.75) is 33.2 Å². The van der Waals surface area contributed by atoms with E-state index in [4.69, 9.17) is 4.74 Å². The van der Waals surface area contributed by atoms with Crippen LogP contribution in [0.25, 0.3) is 5.69 Å². The van der Waals surface area contributed by atoms with Crippen molar-refractivity contribution in [3.8, 4) is 11.4 Å². The fourth-order valence-corrected chi connectivity index (χ4v) is 2.19. The molecule has 0 amide bonds. The van der Waals surface area contributed by atoms with Gasteiger partial charge in [0.05, 0.1) is 13.3 Å². The molecule has 0 unspecified atom stereocenters. The average molecular weight is 273 g/mol. The predicted molar refractivity (Wildman–Crippen MR) is 81.5 cm³/mol. The van der Waals surface area contributed by atoms with Gasteiger partial charge in [-0.3, -0.25) is 0 Å². The van der Waals surface area contributed by atoms with Crippen molar-refractivity contribution in [1.82, 2.24) is 15.1 Å². The van der Waals surface area contributed by atoms with E-state index in [1.54, 1.807) is 7.11 Å². The van der Waals surface area contributed by atoms with Crippen LogP contribution in [0.2, 0.25) is 0 Å². The van der Waals surface area contributed by atoms with Gasteiger partial charge in [0, 0.05) is 17.8 Å². The Labute approximate surface area is 120 Å². The summed E-state index contributed by atoms with van der Waals surface area (Å²) in [6.07, 6.45) is 4.35. The maximum absolute atomic E-state index is 5.40. The van der Waals surface area contributed by atoms with Gasteiger partial charge in [0.1, 0.15) is 11.4 Å². The summed E-state index contributed by atoms with van der Waals surface area (Å²) in [5.74, 6) is 0.837. The normalized spacial score (nSPS) is 10.8. The summed E-state index contributed by atoms with van der Waals surface area (Å²) in [4.78, 5) is 0. The summed E-state index contributed by atoms with van der Waals surface area (Å²) >= 11 is 0. The summed E-state index contributed by atoms with van der Waals surface area (Å²) in [5.41, 5.74) is 3.36. The number of para-hydroxylation sites is 2. The lowest BCUT2D eigenvalue weighted by molar-refractivity contribution is 0.411. The Hall–Kier alpha value is -1.81. The zero-order chi connectivity index (χ0) is 14.4. The second-order valence-corrected chi connectivity index (χ2v) is 4.87. The summed E-state index contributed by atoms with van der Waals surface area (Å²) in [6, 6.07) is 7.94. The summed E-state index contributed by atoms with van der Waals surface area (Å²) in [5, 5.41) is 7.94. The lowest BCUT2D eigenvalue weighted by atomic mass is 10.2. The highest BCUT2D eigenvalue weighted by Crippen LogP contribution is 2.23. The number of hydrogen-bond donors (Lipinski definition) is 1. The van der Waals surface area contributed by atoms with E-state index in [2.05, 4.69) is 24.3 Å². The van der Waals surface area contributed by atoms with Crippen molar-refractivity contribution in [3.05, 3.63) is 41.7 Å². The largest absolute Gasteiger partial charge is 0.494 e. The van der Waals surface area contributed by atoms with E-state index in [-0.39, 0.29) is 0 Å². The van der Waals surface area contributed by atoms with Gasteiger partial charge in [0.2, 0.25) is 0 Å². The summed E-state index contributed by atoms with van der Waals surface area (Å²) in [6.45, 7) is 6.21. The Bertz CT molecular complexity index is 548. The number of rotatable bonds is 7. The maximum atomic E-state index is 5.40. The van der Waals surface area contributed by atoms with Gasteiger partial charge in [-0.1, -0.05) is 25.5 Å². The SMILES string of the molecule is CCCCNCc1cnn(-c2ccccc2OC)c1C. The first-order valence-electron chi connectivity index (χ1n) is 7.15. The maximum Gasteiger partial charge on any atom is 0.144 e. The molecule has 2 rings (SSSR count). The Kier molecular flexibility index (Phi) is 5.18. The standard InChI is InChI=1S/C16H23N3O/c1-4-5-10-17-11-14-12-18-19(13(14)2)15-8-6-7-9-16(15)20-3/h6-9,12,17H,4-5,10-11H2,1-3H3. The Morgan fingerprint density at radius 3 is 2.85 bits per heavy atom. The molecule has 4 heteroatoms. The van der Waals surface area contributed by atoms with Gasteiger partial charge in [-0.25, -0.2) is 4.68 Å². The average Bonchev–Trinajstić information content (AvgIpc) is 2.85. The van der Waals surface area contributed by atoms with Crippen molar-refractivity contribution in [2.24, 2.45) is 0 Å². The first-order chi connectivity index (χ1) is 9.77. The minimum Gasteiger partial charge on any atom is -0.494 e. The first-order valence-corrected chi connectivity index (χ1v) is 7.15. The van der Waals surface area contributed by atoms with Crippen LogP contribution in [0.3, 0.4) is 0 Å². The molecule has 0 aliphatic heterocycles. The van der Waals surface area contributed by atoms with Gasteiger partial charge in [-0.05, 0) is 32.0 Å². The molecular weight excluding hydrogens is 250 g/mol. The lowest BCUT2D eigenvalue weighted by Gasteiger charge is -2.10. The zero-order valence-corrected chi connectivity index (χ0v) is 12.5. The molecule has 0 aliphatic carbocycles. The number of methoxy groups -OCH3 is 1. The number of ether oxygens (including phenoxy) is 1. The Balaban J connectivity index is 2.16. The zero-order valence-electron chi connectivity index (χ0n) is 12.5. The minimum absolute atomic E-state index is 0.837. The van der Waals surface area contributed by atoms with Crippen LogP contribution in [0.1, 0.15) is 31.0 Å². The number of benzene rings is 1. The van der Waals surface area contributed by atoms with Crippen molar-refractivity contribution >= 4 is 0 Å². The molecule has 1 aromatic heterocycles. The number of nitrogens with one attached hydrogen (secondary N) is 1. The van der Waals surface area contributed by atoms with Crippen LogP contribution in [0.15, 0.2) is 30.5 Å². The van der Waals surface area contributed by atoms with E-state index >= 15 is 0 Å². The first kappa shape index (κ1) is 14.6. The third-order valence-corrected chi connectivity index (χ3v) is 3.45. The molecule has 1 heterocycles. The number of hydrogen-bond acceptors (Lipinski definition) is 3. The molecule has 4 nitrogen and oxygen atoms in total. The Morgan fingerprint density at radius 2 is 2.10 bits per heavy atom. The number of unbranched alkanes of at least 4 members (excludes halogenated alkanes) is 1. The fourth-order valence-electron chi connectivity index (χ4n) is 2.19. The molecule has 2 aromatic rings. The summed E-state index contributed by atoms with van der Waals surface area (Å²) < 4.78 is 7.34. The second-order valence-electron chi connectivity index (χ2n) is 4.87. The van der Waals surface area contributed by atoms with E-state index in [0.29, 0.717) is 0 Å². The molecule has 0 saturated carbocycles. The molecule has 0 fully saturated rings. The van der Waals surface area contributed by atoms with E-state index < -0.39 is 0 Å². The third kappa shape index (κ3) is 3.20. The van der Waals surface area contributed by atoms with Crippen molar-refractivity contribution < 1.29 is 4.74 Å². The molecule has 0 spiro atoms. The Morgan fingerprint density at radius 1 is 1.30 bits per heavy atom. The van der Waals surface area contributed by atoms with Crippen molar-refractivity contribution in [1.29, 1.82) is 0 Å². The van der Waals surface area contributed by atoms with Gasteiger partial charge < -0.3 is 10.1 Å². The molecule has 0 bridgehead atoms. The highest BCUT2D eigenvalue weighted by atomic mass is 16.5. The molecule has 0 saturated heterocycles. The predicted octanol–water partition coefficient (Wildman–Crippen LogP) is 3.08. The van der Waals surface area contributed by atoms with Gasteiger partial charge in [0.25, 0.3) is 0 Å². The quantitative estimate of drug-likeness (QED) is 0.788. The van der Waals surface area contributed by atoms with Gasteiger partial charge in [-0.15, -0.1) is 0 Å². The van der Waals surface area contributed by atoms with Gasteiger partial charge in [0.15, 0.2) is 0 Å². The fraction of sp³-hybridized carbons (Fsp3) is 0.438. The minimum atomic E-state index is 0.837. The highest BCUT2D eigenvalue weighted by molar-refractivity contribution is 5.47. The molecule has 0 aliphatic rings. The van der Waals surface area contributed by atoms with E-state index in [9.17, 15) is 0 Å². The monoisotopic (exact) mass is 273 g/mol. The molecule has 0 radical (unpaired) electrons.